The maximum Gasteiger partial charge on any atom is 0.281 e. The summed E-state index contributed by atoms with van der Waals surface area (Å²) in [6.07, 6.45) is 2.19. The Hall–Kier alpha value is -4.13. The van der Waals surface area contributed by atoms with Crippen LogP contribution < -0.4 is 5.32 Å². The molecule has 0 bridgehead atoms. The van der Waals surface area contributed by atoms with E-state index >= 15 is 0 Å². The zero-order chi connectivity index (χ0) is 22.3. The van der Waals surface area contributed by atoms with Gasteiger partial charge < -0.3 is 5.32 Å². The monoisotopic (exact) mass is 421 g/mol. The molecule has 8 nitrogen and oxygen atoms in total. The van der Waals surface area contributed by atoms with Gasteiger partial charge in [0.25, 0.3) is 12.3 Å². The van der Waals surface area contributed by atoms with Gasteiger partial charge in [0.1, 0.15) is 23.1 Å². The Morgan fingerprint density at radius 1 is 1.19 bits per heavy atom. The van der Waals surface area contributed by atoms with E-state index in [0.29, 0.717) is 16.8 Å². The fourth-order valence-electron chi connectivity index (χ4n) is 3.35. The highest BCUT2D eigenvalue weighted by Gasteiger charge is 2.24. The van der Waals surface area contributed by atoms with E-state index in [1.54, 1.807) is 66.2 Å². The standard InChI is InChI=1S/C21H17F2N7O/c1-11-12(2)18(28-19(20(22)23)16(11)7-24)21(31)27-14-5-4-13-8-26-30(17(13)6-14)15-9-25-29(3)10-15/h4-6,8-10,20H,1-3H3,(H,27,31). The van der Waals surface area contributed by atoms with Gasteiger partial charge in [-0.2, -0.15) is 15.5 Å². The van der Waals surface area contributed by atoms with Gasteiger partial charge in [0.05, 0.1) is 29.7 Å². The van der Waals surface area contributed by atoms with Gasteiger partial charge in [-0.05, 0) is 43.2 Å². The van der Waals surface area contributed by atoms with Crippen LogP contribution in [0.5, 0.6) is 0 Å². The number of halogens is 2. The molecule has 0 spiro atoms. The van der Waals surface area contributed by atoms with Crippen molar-refractivity contribution in [1.82, 2.24) is 24.5 Å². The first-order chi connectivity index (χ1) is 14.8. The molecule has 0 saturated carbocycles. The number of nitrogens with zero attached hydrogens (tertiary/aromatic N) is 6. The van der Waals surface area contributed by atoms with Crippen molar-refractivity contribution in [3.63, 3.8) is 0 Å². The summed E-state index contributed by atoms with van der Waals surface area (Å²) in [6.45, 7) is 3.10. The largest absolute Gasteiger partial charge is 0.321 e. The zero-order valence-electron chi connectivity index (χ0n) is 16.9. The lowest BCUT2D eigenvalue weighted by Gasteiger charge is -2.13. The number of aromatic nitrogens is 5. The average molecular weight is 421 g/mol. The summed E-state index contributed by atoms with van der Waals surface area (Å²) in [7, 11) is 1.80. The molecule has 4 rings (SSSR count). The number of hydrogen-bond donors (Lipinski definition) is 1. The van der Waals surface area contributed by atoms with E-state index in [0.717, 1.165) is 16.6 Å². The fraction of sp³-hybridized carbons (Fsp3) is 0.190. The van der Waals surface area contributed by atoms with Crippen molar-refractivity contribution in [2.45, 2.75) is 20.3 Å². The molecule has 4 aromatic rings. The smallest absolute Gasteiger partial charge is 0.281 e. The van der Waals surface area contributed by atoms with Gasteiger partial charge in [-0.3, -0.25) is 9.48 Å². The number of aryl methyl sites for hydroxylation is 1. The molecule has 1 aromatic carbocycles. The Morgan fingerprint density at radius 3 is 2.61 bits per heavy atom. The Morgan fingerprint density at radius 2 is 1.97 bits per heavy atom. The van der Waals surface area contributed by atoms with Crippen LogP contribution in [0.3, 0.4) is 0 Å². The number of pyridine rings is 1. The molecule has 3 aromatic heterocycles. The summed E-state index contributed by atoms with van der Waals surface area (Å²) in [5.74, 6) is -0.640. The third-order valence-electron chi connectivity index (χ3n) is 5.08. The number of hydrogen-bond acceptors (Lipinski definition) is 5. The Balaban J connectivity index is 1.72. The highest BCUT2D eigenvalue weighted by Crippen LogP contribution is 2.27. The predicted octanol–water partition coefficient (Wildman–Crippen LogP) is 3.83. The van der Waals surface area contributed by atoms with Gasteiger partial charge >= 0.3 is 0 Å². The van der Waals surface area contributed by atoms with Crippen LogP contribution in [0.4, 0.5) is 14.5 Å². The molecule has 31 heavy (non-hydrogen) atoms. The van der Waals surface area contributed by atoms with E-state index in [1.165, 1.54) is 6.92 Å². The average Bonchev–Trinajstić information content (AvgIpc) is 3.35. The van der Waals surface area contributed by atoms with Crippen LogP contribution in [-0.4, -0.2) is 30.5 Å². The molecule has 0 fully saturated rings. The van der Waals surface area contributed by atoms with E-state index in [1.807, 2.05) is 0 Å². The summed E-state index contributed by atoms with van der Waals surface area (Å²) in [6, 6.07) is 6.96. The Labute approximate surface area is 175 Å². The summed E-state index contributed by atoms with van der Waals surface area (Å²) < 4.78 is 30.1. The van der Waals surface area contributed by atoms with Crippen LogP contribution in [-0.2, 0) is 7.05 Å². The first kappa shape index (κ1) is 20.2. The number of fused-ring (bicyclic) bond motifs is 1. The molecule has 1 amide bonds. The highest BCUT2D eigenvalue weighted by atomic mass is 19.3. The third kappa shape index (κ3) is 3.50. The molecule has 10 heteroatoms. The number of benzene rings is 1. The summed E-state index contributed by atoms with van der Waals surface area (Å²) in [4.78, 5) is 16.7. The normalized spacial score (nSPS) is 11.1. The number of carbonyl (C=O) groups excluding carboxylic acids is 1. The maximum atomic E-state index is 13.4. The van der Waals surface area contributed by atoms with Crippen molar-refractivity contribution in [2.24, 2.45) is 7.05 Å². The zero-order valence-corrected chi connectivity index (χ0v) is 16.9. The van der Waals surface area contributed by atoms with Crippen molar-refractivity contribution < 1.29 is 13.6 Å². The fourth-order valence-corrected chi connectivity index (χ4v) is 3.35. The molecule has 3 heterocycles. The van der Waals surface area contributed by atoms with Gasteiger partial charge in [0.15, 0.2) is 0 Å². The van der Waals surface area contributed by atoms with Crippen molar-refractivity contribution in [3.8, 4) is 11.8 Å². The van der Waals surface area contributed by atoms with Crippen LogP contribution in [0.15, 0.2) is 36.8 Å². The quantitative estimate of drug-likeness (QED) is 0.540. The van der Waals surface area contributed by atoms with Crippen LogP contribution in [0.25, 0.3) is 16.6 Å². The molecule has 0 aliphatic rings. The molecule has 0 aliphatic carbocycles. The second kappa shape index (κ2) is 7.60. The van der Waals surface area contributed by atoms with Crippen molar-refractivity contribution in [1.29, 1.82) is 5.26 Å². The lowest BCUT2D eigenvalue weighted by molar-refractivity contribution is 0.101. The first-order valence-corrected chi connectivity index (χ1v) is 9.27. The van der Waals surface area contributed by atoms with Gasteiger partial charge in [-0.25, -0.2) is 18.4 Å². The second-order valence-electron chi connectivity index (χ2n) is 7.04. The Kier molecular flexibility index (Phi) is 4.94. The minimum Gasteiger partial charge on any atom is -0.321 e. The lowest BCUT2D eigenvalue weighted by atomic mass is 10.0. The number of nitriles is 1. The number of amides is 1. The van der Waals surface area contributed by atoms with Gasteiger partial charge in [0, 0.05) is 18.1 Å². The topological polar surface area (TPSA) is 101 Å². The molecule has 156 valence electrons. The summed E-state index contributed by atoms with van der Waals surface area (Å²) in [5, 5.41) is 21.3. The second-order valence-corrected chi connectivity index (χ2v) is 7.04. The van der Waals surface area contributed by atoms with Crippen LogP contribution in [0.1, 0.15) is 39.3 Å². The molecular weight excluding hydrogens is 404 g/mol. The van der Waals surface area contributed by atoms with E-state index in [2.05, 4.69) is 20.5 Å². The molecule has 0 atom stereocenters. The van der Waals surface area contributed by atoms with E-state index < -0.39 is 18.0 Å². The molecule has 0 aliphatic heterocycles. The minimum absolute atomic E-state index is 0.146. The predicted molar refractivity (Wildman–Crippen MR) is 109 cm³/mol. The summed E-state index contributed by atoms with van der Waals surface area (Å²) >= 11 is 0. The first-order valence-electron chi connectivity index (χ1n) is 9.27. The Bertz CT molecular complexity index is 1360. The third-order valence-corrected chi connectivity index (χ3v) is 5.08. The van der Waals surface area contributed by atoms with Gasteiger partial charge in [-0.1, -0.05) is 0 Å². The molecule has 0 radical (unpaired) electrons. The minimum atomic E-state index is -2.97. The van der Waals surface area contributed by atoms with E-state index in [9.17, 15) is 18.8 Å². The molecule has 1 N–H and O–H groups in total. The number of alkyl halides is 2. The van der Waals surface area contributed by atoms with Crippen LogP contribution in [0.2, 0.25) is 0 Å². The highest BCUT2D eigenvalue weighted by molar-refractivity contribution is 6.05. The SMILES string of the molecule is Cc1c(C(=O)Nc2ccc3cnn(-c4cnn(C)c4)c3c2)nc(C(F)F)c(C#N)c1C. The van der Waals surface area contributed by atoms with Crippen LogP contribution >= 0.6 is 0 Å². The van der Waals surface area contributed by atoms with Crippen molar-refractivity contribution in [3.05, 3.63) is 64.9 Å². The molecular formula is C21H17F2N7O. The van der Waals surface area contributed by atoms with Crippen LogP contribution in [0, 0.1) is 25.2 Å². The summed E-state index contributed by atoms with van der Waals surface area (Å²) in [5.41, 5.74) is 1.58. The van der Waals surface area contributed by atoms with Gasteiger partial charge in [-0.15, -0.1) is 0 Å². The number of carbonyl (C=O) groups is 1. The van der Waals surface area contributed by atoms with Gasteiger partial charge in [0.2, 0.25) is 0 Å². The van der Waals surface area contributed by atoms with Crippen molar-refractivity contribution >= 4 is 22.5 Å². The molecule has 0 saturated heterocycles. The number of nitrogens with one attached hydrogen (secondary N) is 1. The van der Waals surface area contributed by atoms with Crippen molar-refractivity contribution in [2.75, 3.05) is 5.32 Å². The van der Waals surface area contributed by atoms with E-state index in [-0.39, 0.29) is 11.3 Å². The lowest BCUT2D eigenvalue weighted by Crippen LogP contribution is -2.18. The maximum absolute atomic E-state index is 13.4. The number of anilines is 1. The number of rotatable bonds is 4. The molecule has 0 unspecified atom stereocenters. The van der Waals surface area contributed by atoms with E-state index in [4.69, 9.17) is 0 Å².